The largest absolute Gasteiger partial charge is 0.457 e. The van der Waals surface area contributed by atoms with Crippen molar-refractivity contribution in [1.29, 1.82) is 5.41 Å². The van der Waals surface area contributed by atoms with Crippen molar-refractivity contribution >= 4 is 34.9 Å². The topological polar surface area (TPSA) is 138 Å². The number of benzene rings is 2. The van der Waals surface area contributed by atoms with E-state index in [-0.39, 0.29) is 35.5 Å². The van der Waals surface area contributed by atoms with Gasteiger partial charge in [-0.05, 0) is 67.1 Å². The Labute approximate surface area is 224 Å². The van der Waals surface area contributed by atoms with Crippen molar-refractivity contribution in [3.05, 3.63) is 82.0 Å². The number of nitrogens with two attached hydrogens (primary N) is 1. The Bertz CT molecular complexity index is 1350. The molecule has 1 aliphatic carbocycles. The van der Waals surface area contributed by atoms with Crippen LogP contribution in [-0.2, 0) is 16.1 Å². The second-order valence-electron chi connectivity index (χ2n) is 9.80. The molecule has 1 saturated heterocycles. The zero-order valence-electron chi connectivity index (χ0n) is 20.7. The number of ether oxygens (including phenoxy) is 1. The SMILES string of the molecule is N=C(N)c1csc(CNC(=O)C2CC3(CC3)CN2C(=O)CNC(=O)c2ccc(Oc3ccccc3)cc2)c1. The Kier molecular flexibility index (Phi) is 7.15. The number of para-hydroxylation sites is 1. The van der Waals surface area contributed by atoms with Crippen molar-refractivity contribution in [3.63, 3.8) is 0 Å². The van der Waals surface area contributed by atoms with Crippen molar-refractivity contribution in [3.8, 4) is 11.5 Å². The van der Waals surface area contributed by atoms with Crippen molar-refractivity contribution in [2.75, 3.05) is 13.1 Å². The molecule has 2 aromatic carbocycles. The molecule has 38 heavy (non-hydrogen) atoms. The molecule has 2 aliphatic rings. The maximum atomic E-state index is 13.1. The Hall–Kier alpha value is -4.18. The number of likely N-dealkylation sites (tertiary alicyclic amines) is 1. The predicted octanol–water partition coefficient (Wildman–Crippen LogP) is 3.25. The number of nitrogens with one attached hydrogen (secondary N) is 3. The summed E-state index contributed by atoms with van der Waals surface area (Å²) in [5.41, 5.74) is 6.57. The monoisotopic (exact) mass is 531 g/mol. The van der Waals surface area contributed by atoms with E-state index in [4.69, 9.17) is 15.9 Å². The Balaban J connectivity index is 1.15. The van der Waals surface area contributed by atoms with Crippen LogP contribution in [0.1, 0.15) is 40.1 Å². The summed E-state index contributed by atoms with van der Waals surface area (Å²) in [6.07, 6.45) is 2.62. The maximum Gasteiger partial charge on any atom is 0.251 e. The first-order valence-corrected chi connectivity index (χ1v) is 13.3. The lowest BCUT2D eigenvalue weighted by Crippen LogP contribution is -2.48. The van der Waals surface area contributed by atoms with Gasteiger partial charge in [0.2, 0.25) is 11.8 Å². The predicted molar refractivity (Wildman–Crippen MR) is 144 cm³/mol. The molecule has 2 fully saturated rings. The smallest absolute Gasteiger partial charge is 0.251 e. The van der Waals surface area contributed by atoms with Gasteiger partial charge in [-0.3, -0.25) is 19.8 Å². The number of amides is 3. The first-order chi connectivity index (χ1) is 18.3. The maximum absolute atomic E-state index is 13.1. The van der Waals surface area contributed by atoms with E-state index in [1.807, 2.05) is 30.3 Å². The standard InChI is InChI=1S/C28H29N5O4S/c29-25(30)19-12-22(38-16-19)14-31-27(36)23-13-28(10-11-28)17-33(23)24(34)15-32-26(35)18-6-8-21(9-7-18)37-20-4-2-1-3-5-20/h1-9,12,16,23H,10-11,13-15,17H2,(H3,29,30)(H,31,36)(H,32,35). The molecular formula is C28H29N5O4S. The molecule has 196 valence electrons. The van der Waals surface area contributed by atoms with E-state index in [1.165, 1.54) is 11.3 Å². The third kappa shape index (κ3) is 5.86. The summed E-state index contributed by atoms with van der Waals surface area (Å²) < 4.78 is 5.75. The van der Waals surface area contributed by atoms with E-state index in [2.05, 4.69) is 10.6 Å². The van der Waals surface area contributed by atoms with Crippen LogP contribution < -0.4 is 21.1 Å². The summed E-state index contributed by atoms with van der Waals surface area (Å²) >= 11 is 1.42. The van der Waals surface area contributed by atoms with Gasteiger partial charge in [0.25, 0.3) is 5.91 Å². The number of nitrogen functional groups attached to an aromatic ring is 1. The van der Waals surface area contributed by atoms with Gasteiger partial charge in [-0.2, -0.15) is 0 Å². The lowest BCUT2D eigenvalue weighted by molar-refractivity contribution is -0.137. The van der Waals surface area contributed by atoms with Crippen molar-refractivity contribution in [2.24, 2.45) is 11.1 Å². The number of hydrogen-bond acceptors (Lipinski definition) is 6. The van der Waals surface area contributed by atoms with Gasteiger partial charge in [0.1, 0.15) is 23.4 Å². The average Bonchev–Trinajstić information content (AvgIpc) is 3.32. The van der Waals surface area contributed by atoms with E-state index >= 15 is 0 Å². The molecule has 5 rings (SSSR count). The molecular weight excluding hydrogens is 502 g/mol. The van der Waals surface area contributed by atoms with Gasteiger partial charge in [-0.15, -0.1) is 11.3 Å². The molecule has 1 aliphatic heterocycles. The van der Waals surface area contributed by atoms with Crippen LogP contribution in [0.3, 0.4) is 0 Å². The molecule has 1 aromatic heterocycles. The molecule has 3 amide bonds. The van der Waals surface area contributed by atoms with E-state index in [1.54, 1.807) is 40.6 Å². The number of rotatable bonds is 9. The lowest BCUT2D eigenvalue weighted by atomic mass is 10.0. The van der Waals surface area contributed by atoms with Crippen LogP contribution in [0.15, 0.2) is 66.0 Å². The highest BCUT2D eigenvalue weighted by Crippen LogP contribution is 2.54. The third-order valence-electron chi connectivity index (χ3n) is 6.99. The van der Waals surface area contributed by atoms with Crippen LogP contribution in [0.4, 0.5) is 0 Å². The van der Waals surface area contributed by atoms with Gasteiger partial charge < -0.3 is 26.0 Å². The molecule has 3 aromatic rings. The highest BCUT2D eigenvalue weighted by atomic mass is 32.1. The van der Waals surface area contributed by atoms with Gasteiger partial charge in [0, 0.05) is 27.9 Å². The van der Waals surface area contributed by atoms with Crippen LogP contribution in [0, 0.1) is 10.8 Å². The number of carbonyl (C=O) groups is 3. The lowest BCUT2D eigenvalue weighted by Gasteiger charge is -2.24. The minimum atomic E-state index is -0.566. The number of carbonyl (C=O) groups excluding carboxylic acids is 3. The highest BCUT2D eigenvalue weighted by molar-refractivity contribution is 7.10. The molecule has 1 spiro atoms. The molecule has 2 heterocycles. The van der Waals surface area contributed by atoms with Crippen LogP contribution in [0.5, 0.6) is 11.5 Å². The van der Waals surface area contributed by atoms with Crippen molar-refractivity contribution in [2.45, 2.75) is 31.8 Å². The summed E-state index contributed by atoms with van der Waals surface area (Å²) in [5.74, 6) is 0.431. The molecule has 5 N–H and O–H groups in total. The first kappa shape index (κ1) is 25.5. The number of thiophene rings is 1. The van der Waals surface area contributed by atoms with Crippen LogP contribution in [-0.4, -0.2) is 47.6 Å². The minimum absolute atomic E-state index is 0.0134. The van der Waals surface area contributed by atoms with Gasteiger partial charge in [-0.25, -0.2) is 0 Å². The van der Waals surface area contributed by atoms with E-state index in [0.717, 1.165) is 17.7 Å². The summed E-state index contributed by atoms with van der Waals surface area (Å²) in [5, 5.41) is 14.9. The average molecular weight is 532 g/mol. The molecule has 0 radical (unpaired) electrons. The van der Waals surface area contributed by atoms with E-state index < -0.39 is 6.04 Å². The number of hydrogen-bond donors (Lipinski definition) is 4. The molecule has 9 nitrogen and oxygen atoms in total. The summed E-state index contributed by atoms with van der Waals surface area (Å²) in [7, 11) is 0. The van der Waals surface area contributed by atoms with Gasteiger partial charge in [-0.1, -0.05) is 18.2 Å². The number of amidine groups is 1. The van der Waals surface area contributed by atoms with Crippen LogP contribution in [0.25, 0.3) is 0 Å². The minimum Gasteiger partial charge on any atom is -0.457 e. The molecule has 10 heteroatoms. The van der Waals surface area contributed by atoms with Crippen molar-refractivity contribution in [1.82, 2.24) is 15.5 Å². The second-order valence-corrected chi connectivity index (χ2v) is 10.8. The second kappa shape index (κ2) is 10.7. The first-order valence-electron chi connectivity index (χ1n) is 12.4. The molecule has 1 atom stereocenters. The van der Waals surface area contributed by atoms with Crippen molar-refractivity contribution < 1.29 is 19.1 Å². The Morgan fingerprint density at radius 3 is 2.39 bits per heavy atom. The fraction of sp³-hybridized carbons (Fsp3) is 0.286. The molecule has 1 unspecified atom stereocenters. The third-order valence-corrected chi connectivity index (χ3v) is 7.92. The van der Waals surface area contributed by atoms with Gasteiger partial charge >= 0.3 is 0 Å². The summed E-state index contributed by atoms with van der Waals surface area (Å²) in [4.78, 5) is 41.3. The van der Waals surface area contributed by atoms with E-state index in [9.17, 15) is 14.4 Å². The fourth-order valence-corrected chi connectivity index (χ4v) is 5.48. The number of nitrogens with zero attached hydrogens (tertiary/aromatic N) is 1. The van der Waals surface area contributed by atoms with Crippen LogP contribution >= 0.6 is 11.3 Å². The summed E-state index contributed by atoms with van der Waals surface area (Å²) in [6, 6.07) is 17.3. The fourth-order valence-electron chi connectivity index (χ4n) is 4.66. The molecule has 1 saturated carbocycles. The van der Waals surface area contributed by atoms with Crippen LogP contribution in [0.2, 0.25) is 0 Å². The van der Waals surface area contributed by atoms with Gasteiger partial charge in [0.15, 0.2) is 0 Å². The Morgan fingerprint density at radius 2 is 1.74 bits per heavy atom. The molecule has 0 bridgehead atoms. The summed E-state index contributed by atoms with van der Waals surface area (Å²) in [6.45, 7) is 0.648. The highest BCUT2D eigenvalue weighted by Gasteiger charge is 2.55. The Morgan fingerprint density at radius 1 is 1.03 bits per heavy atom. The zero-order chi connectivity index (χ0) is 26.7. The van der Waals surface area contributed by atoms with Gasteiger partial charge in [0.05, 0.1) is 13.1 Å². The zero-order valence-corrected chi connectivity index (χ0v) is 21.6. The van der Waals surface area contributed by atoms with E-state index in [0.29, 0.717) is 42.1 Å². The normalized spacial score (nSPS) is 17.2. The quantitative estimate of drug-likeness (QED) is 0.248.